The van der Waals surface area contributed by atoms with Crippen LogP contribution in [0.15, 0.2) is 30.3 Å². The first-order valence-corrected chi connectivity index (χ1v) is 8.16. The maximum atomic E-state index is 12.0. The number of hydrazine groups is 1. The standard InChI is InChI=1S/C16H17ClN2O3S/c1-9-5-4-6-12(10(9)2)22-11(3)15(20)18-19-16(21)13-7-8-14(17)23-13/h4-8,11H,1-3H3,(H,18,20)(H,19,21)/t11-/m1/s1. The summed E-state index contributed by atoms with van der Waals surface area (Å²) in [5.74, 6) is -0.222. The van der Waals surface area contributed by atoms with Crippen LogP contribution < -0.4 is 15.6 Å². The van der Waals surface area contributed by atoms with Crippen LogP contribution in [0.2, 0.25) is 4.34 Å². The molecule has 7 heteroatoms. The van der Waals surface area contributed by atoms with E-state index in [0.717, 1.165) is 22.5 Å². The van der Waals surface area contributed by atoms with Crippen molar-refractivity contribution in [2.24, 2.45) is 0 Å². The van der Waals surface area contributed by atoms with Crippen LogP contribution in [-0.4, -0.2) is 17.9 Å². The quantitative estimate of drug-likeness (QED) is 0.830. The van der Waals surface area contributed by atoms with Crippen LogP contribution in [0.1, 0.15) is 27.7 Å². The van der Waals surface area contributed by atoms with Crippen LogP contribution in [0.25, 0.3) is 0 Å². The SMILES string of the molecule is Cc1cccc(O[C@H](C)C(=O)NNC(=O)c2ccc(Cl)s2)c1C. The fourth-order valence-corrected chi connectivity index (χ4v) is 2.75. The van der Waals surface area contributed by atoms with Gasteiger partial charge in [0, 0.05) is 0 Å². The number of halogens is 1. The number of carbonyl (C=O) groups is 2. The van der Waals surface area contributed by atoms with Crippen molar-refractivity contribution in [2.75, 3.05) is 0 Å². The number of aryl methyl sites for hydroxylation is 1. The summed E-state index contributed by atoms with van der Waals surface area (Å²) >= 11 is 6.90. The minimum Gasteiger partial charge on any atom is -0.481 e. The van der Waals surface area contributed by atoms with Gasteiger partial charge in [0.2, 0.25) is 0 Å². The Morgan fingerprint density at radius 3 is 2.57 bits per heavy atom. The Morgan fingerprint density at radius 1 is 1.17 bits per heavy atom. The third-order valence-corrected chi connectivity index (χ3v) is 4.55. The lowest BCUT2D eigenvalue weighted by Gasteiger charge is -2.17. The van der Waals surface area contributed by atoms with Gasteiger partial charge in [0.05, 0.1) is 9.21 Å². The summed E-state index contributed by atoms with van der Waals surface area (Å²) in [6, 6.07) is 8.85. The molecule has 0 aliphatic heterocycles. The zero-order valence-corrected chi connectivity index (χ0v) is 14.5. The smallest absolute Gasteiger partial charge is 0.279 e. The molecule has 0 unspecified atom stereocenters. The fourth-order valence-electron chi connectivity index (χ4n) is 1.81. The van der Waals surface area contributed by atoms with Gasteiger partial charge in [0.1, 0.15) is 5.75 Å². The Labute approximate surface area is 143 Å². The summed E-state index contributed by atoms with van der Waals surface area (Å²) in [5.41, 5.74) is 6.74. The Hall–Kier alpha value is -2.05. The van der Waals surface area contributed by atoms with E-state index in [1.807, 2.05) is 26.0 Å². The Balaban J connectivity index is 1.90. The zero-order valence-electron chi connectivity index (χ0n) is 13.0. The van der Waals surface area contributed by atoms with Crippen molar-refractivity contribution in [3.05, 3.63) is 50.7 Å². The number of benzene rings is 1. The lowest BCUT2D eigenvalue weighted by Crippen LogP contribution is -2.47. The molecule has 0 radical (unpaired) electrons. The second-order valence-electron chi connectivity index (χ2n) is 5.01. The first-order chi connectivity index (χ1) is 10.9. The van der Waals surface area contributed by atoms with Crippen molar-refractivity contribution in [1.29, 1.82) is 0 Å². The Bertz CT molecular complexity index is 730. The molecule has 0 saturated heterocycles. The number of hydrogen-bond acceptors (Lipinski definition) is 4. The molecule has 0 spiro atoms. The predicted octanol–water partition coefficient (Wildman–Crippen LogP) is 3.25. The van der Waals surface area contributed by atoms with E-state index in [9.17, 15) is 9.59 Å². The topological polar surface area (TPSA) is 67.4 Å². The van der Waals surface area contributed by atoms with Gasteiger partial charge in [-0.2, -0.15) is 0 Å². The average molecular weight is 353 g/mol. The summed E-state index contributed by atoms with van der Waals surface area (Å²) < 4.78 is 6.16. The number of thiophene rings is 1. The van der Waals surface area contributed by atoms with Gasteiger partial charge in [0.15, 0.2) is 6.10 Å². The number of carbonyl (C=O) groups excluding carboxylic acids is 2. The summed E-state index contributed by atoms with van der Waals surface area (Å²) in [7, 11) is 0. The largest absolute Gasteiger partial charge is 0.481 e. The van der Waals surface area contributed by atoms with Crippen molar-refractivity contribution >= 4 is 34.8 Å². The van der Waals surface area contributed by atoms with E-state index in [0.29, 0.717) is 15.0 Å². The molecule has 0 aliphatic rings. The van der Waals surface area contributed by atoms with Gasteiger partial charge >= 0.3 is 0 Å². The van der Waals surface area contributed by atoms with Crippen molar-refractivity contribution in [2.45, 2.75) is 26.9 Å². The lowest BCUT2D eigenvalue weighted by atomic mass is 10.1. The molecule has 0 saturated carbocycles. The molecule has 2 rings (SSSR count). The normalized spacial score (nSPS) is 11.7. The maximum Gasteiger partial charge on any atom is 0.279 e. The second-order valence-corrected chi connectivity index (χ2v) is 6.72. The highest BCUT2D eigenvalue weighted by molar-refractivity contribution is 7.17. The van der Waals surface area contributed by atoms with Crippen LogP contribution in [-0.2, 0) is 4.79 Å². The molecule has 2 aromatic rings. The summed E-state index contributed by atoms with van der Waals surface area (Å²) in [4.78, 5) is 24.3. The third kappa shape index (κ3) is 4.46. The molecule has 23 heavy (non-hydrogen) atoms. The van der Waals surface area contributed by atoms with Gasteiger partial charge in [-0.3, -0.25) is 20.4 Å². The van der Waals surface area contributed by atoms with Gasteiger partial charge in [-0.1, -0.05) is 23.7 Å². The molecule has 5 nitrogen and oxygen atoms in total. The van der Waals surface area contributed by atoms with Crippen LogP contribution >= 0.6 is 22.9 Å². The highest BCUT2D eigenvalue weighted by atomic mass is 35.5. The van der Waals surface area contributed by atoms with Crippen LogP contribution in [0.3, 0.4) is 0 Å². The summed E-state index contributed by atoms with van der Waals surface area (Å²) in [5, 5.41) is 0. The van der Waals surface area contributed by atoms with E-state index < -0.39 is 17.9 Å². The summed E-state index contributed by atoms with van der Waals surface area (Å²) in [6.07, 6.45) is -0.747. The van der Waals surface area contributed by atoms with E-state index in [1.54, 1.807) is 25.1 Å². The molecule has 2 amide bonds. The second kappa shape index (κ2) is 7.48. The zero-order chi connectivity index (χ0) is 17.0. The highest BCUT2D eigenvalue weighted by Gasteiger charge is 2.17. The van der Waals surface area contributed by atoms with Crippen LogP contribution in [0, 0.1) is 13.8 Å². The molecular formula is C16H17ClN2O3S. The minimum atomic E-state index is -0.747. The molecule has 0 bridgehead atoms. The van der Waals surface area contributed by atoms with Crippen molar-refractivity contribution < 1.29 is 14.3 Å². The van der Waals surface area contributed by atoms with Gasteiger partial charge in [-0.05, 0) is 50.1 Å². The monoisotopic (exact) mass is 352 g/mol. The maximum absolute atomic E-state index is 12.0. The predicted molar refractivity (Wildman–Crippen MR) is 90.9 cm³/mol. The summed E-state index contributed by atoms with van der Waals surface area (Å²) in [6.45, 7) is 5.52. The average Bonchev–Trinajstić information content (AvgIpc) is 2.95. The number of hydrogen-bond donors (Lipinski definition) is 2. The van der Waals surface area contributed by atoms with Gasteiger partial charge < -0.3 is 4.74 Å². The molecule has 1 atom stereocenters. The van der Waals surface area contributed by atoms with E-state index in [1.165, 1.54) is 0 Å². The van der Waals surface area contributed by atoms with E-state index >= 15 is 0 Å². The van der Waals surface area contributed by atoms with E-state index in [4.69, 9.17) is 16.3 Å². The van der Waals surface area contributed by atoms with Crippen LogP contribution in [0.4, 0.5) is 0 Å². The molecule has 1 heterocycles. The Morgan fingerprint density at radius 2 is 1.91 bits per heavy atom. The third-order valence-electron chi connectivity index (χ3n) is 3.32. The van der Waals surface area contributed by atoms with Crippen LogP contribution in [0.5, 0.6) is 5.75 Å². The fraction of sp³-hybridized carbons (Fsp3) is 0.250. The van der Waals surface area contributed by atoms with E-state index in [-0.39, 0.29) is 0 Å². The number of amides is 2. The first kappa shape index (κ1) is 17.3. The molecular weight excluding hydrogens is 336 g/mol. The minimum absolute atomic E-state index is 0.415. The van der Waals surface area contributed by atoms with Gasteiger partial charge in [0.25, 0.3) is 11.8 Å². The van der Waals surface area contributed by atoms with Crippen molar-refractivity contribution in [1.82, 2.24) is 10.9 Å². The molecule has 1 aromatic heterocycles. The van der Waals surface area contributed by atoms with Gasteiger partial charge in [-0.15, -0.1) is 11.3 Å². The van der Waals surface area contributed by atoms with E-state index in [2.05, 4.69) is 10.9 Å². The van der Waals surface area contributed by atoms with Gasteiger partial charge in [-0.25, -0.2) is 0 Å². The van der Waals surface area contributed by atoms with Crippen molar-refractivity contribution in [3.63, 3.8) is 0 Å². The molecule has 1 aromatic carbocycles. The molecule has 122 valence electrons. The molecule has 2 N–H and O–H groups in total. The number of rotatable bonds is 4. The Kier molecular flexibility index (Phi) is 5.63. The lowest BCUT2D eigenvalue weighted by molar-refractivity contribution is -0.128. The first-order valence-electron chi connectivity index (χ1n) is 6.97. The molecule has 0 aliphatic carbocycles. The number of nitrogens with one attached hydrogen (secondary N) is 2. The molecule has 0 fully saturated rings. The van der Waals surface area contributed by atoms with Crippen molar-refractivity contribution in [3.8, 4) is 5.75 Å². The number of ether oxygens (including phenoxy) is 1. The highest BCUT2D eigenvalue weighted by Crippen LogP contribution is 2.22.